The first-order valence-corrected chi connectivity index (χ1v) is 6.99. The van der Waals surface area contributed by atoms with Crippen LogP contribution in [0.5, 0.6) is 0 Å². The van der Waals surface area contributed by atoms with Crippen molar-refractivity contribution in [2.24, 2.45) is 5.92 Å². The van der Waals surface area contributed by atoms with Crippen molar-refractivity contribution in [3.8, 4) is 11.1 Å². The van der Waals surface area contributed by atoms with Crippen molar-refractivity contribution >= 4 is 5.88 Å². The Morgan fingerprint density at radius 1 is 1.21 bits per heavy atom. The molecule has 19 heavy (non-hydrogen) atoms. The molecule has 2 unspecified atom stereocenters. The van der Waals surface area contributed by atoms with Gasteiger partial charge in [-0.15, -0.1) is 0 Å². The summed E-state index contributed by atoms with van der Waals surface area (Å²) in [4.78, 5) is 0. The van der Waals surface area contributed by atoms with Gasteiger partial charge < -0.3 is 10.3 Å². The Morgan fingerprint density at radius 2 is 1.95 bits per heavy atom. The van der Waals surface area contributed by atoms with E-state index in [1.165, 1.54) is 24.8 Å². The molecule has 0 radical (unpaired) electrons. The zero-order valence-electron chi connectivity index (χ0n) is 11.5. The van der Waals surface area contributed by atoms with Gasteiger partial charge in [0.05, 0.1) is 11.3 Å². The van der Waals surface area contributed by atoms with Crippen molar-refractivity contribution in [3.63, 3.8) is 0 Å². The molecule has 1 aromatic carbocycles. The highest BCUT2D eigenvalue weighted by atomic mass is 16.5. The van der Waals surface area contributed by atoms with Crippen molar-refractivity contribution in [2.75, 3.05) is 5.73 Å². The van der Waals surface area contributed by atoms with E-state index >= 15 is 0 Å². The van der Waals surface area contributed by atoms with Crippen molar-refractivity contribution in [2.45, 2.75) is 39.0 Å². The van der Waals surface area contributed by atoms with Crippen LogP contribution < -0.4 is 5.73 Å². The van der Waals surface area contributed by atoms with Gasteiger partial charge in [-0.2, -0.15) is 0 Å². The summed E-state index contributed by atoms with van der Waals surface area (Å²) < 4.78 is 5.27. The second-order valence-corrected chi connectivity index (χ2v) is 5.69. The Balaban J connectivity index is 2.05. The fourth-order valence-electron chi connectivity index (χ4n) is 3.13. The van der Waals surface area contributed by atoms with Gasteiger partial charge in [-0.3, -0.25) is 0 Å². The minimum absolute atomic E-state index is 0.443. The van der Waals surface area contributed by atoms with Gasteiger partial charge in [0, 0.05) is 5.92 Å². The second kappa shape index (κ2) is 4.72. The number of rotatable bonds is 2. The highest BCUT2D eigenvalue weighted by Crippen LogP contribution is 2.44. The topological polar surface area (TPSA) is 52.0 Å². The van der Waals surface area contributed by atoms with Crippen LogP contribution in [0.1, 0.15) is 43.4 Å². The smallest absolute Gasteiger partial charge is 0.230 e. The van der Waals surface area contributed by atoms with Gasteiger partial charge in [-0.1, -0.05) is 54.8 Å². The molecule has 2 aromatic rings. The van der Waals surface area contributed by atoms with E-state index in [0.717, 1.165) is 16.8 Å². The number of nitrogen functional groups attached to an aromatic ring is 1. The van der Waals surface area contributed by atoms with Gasteiger partial charge in [0.2, 0.25) is 5.88 Å². The van der Waals surface area contributed by atoms with Crippen LogP contribution in [0.3, 0.4) is 0 Å². The molecule has 0 bridgehead atoms. The van der Waals surface area contributed by atoms with E-state index in [4.69, 9.17) is 10.3 Å². The minimum Gasteiger partial charge on any atom is -0.367 e. The lowest BCUT2D eigenvalue weighted by Gasteiger charge is -2.14. The van der Waals surface area contributed by atoms with Gasteiger partial charge in [0.15, 0.2) is 0 Å². The summed E-state index contributed by atoms with van der Waals surface area (Å²) in [5.74, 6) is 1.59. The number of aryl methyl sites for hydroxylation is 1. The number of nitrogens with two attached hydrogens (primary N) is 1. The summed E-state index contributed by atoms with van der Waals surface area (Å²) in [6.45, 7) is 4.38. The maximum Gasteiger partial charge on any atom is 0.230 e. The number of hydrogen-bond acceptors (Lipinski definition) is 3. The Hall–Kier alpha value is -1.77. The summed E-state index contributed by atoms with van der Waals surface area (Å²) in [5.41, 5.74) is 10.4. The van der Waals surface area contributed by atoms with Crippen LogP contribution in [-0.2, 0) is 0 Å². The molecule has 1 aliphatic rings. The highest BCUT2D eigenvalue weighted by Gasteiger charge is 2.31. The minimum atomic E-state index is 0.443. The molecule has 1 aromatic heterocycles. The van der Waals surface area contributed by atoms with Crippen LogP contribution in [0, 0.1) is 12.8 Å². The molecule has 2 N–H and O–H groups in total. The van der Waals surface area contributed by atoms with Gasteiger partial charge in [-0.25, -0.2) is 0 Å². The first kappa shape index (κ1) is 12.3. The van der Waals surface area contributed by atoms with E-state index in [2.05, 4.69) is 43.3 Å². The van der Waals surface area contributed by atoms with E-state index in [1.54, 1.807) is 0 Å². The number of hydrogen-bond donors (Lipinski definition) is 1. The SMILES string of the molecule is Cc1ccc(-c2c(C3CCCC3C)noc2N)cc1. The van der Waals surface area contributed by atoms with Gasteiger partial charge in [0.25, 0.3) is 0 Å². The van der Waals surface area contributed by atoms with E-state index in [1.807, 2.05) is 0 Å². The van der Waals surface area contributed by atoms with Crippen molar-refractivity contribution in [1.29, 1.82) is 0 Å². The Labute approximate surface area is 113 Å². The molecular weight excluding hydrogens is 236 g/mol. The van der Waals surface area contributed by atoms with E-state index in [-0.39, 0.29) is 0 Å². The van der Waals surface area contributed by atoms with Crippen molar-refractivity contribution < 1.29 is 4.52 Å². The van der Waals surface area contributed by atoms with E-state index in [0.29, 0.717) is 17.7 Å². The number of anilines is 1. The normalized spacial score (nSPS) is 22.8. The van der Waals surface area contributed by atoms with Crippen LogP contribution in [0.15, 0.2) is 28.8 Å². The zero-order chi connectivity index (χ0) is 13.4. The lowest BCUT2D eigenvalue weighted by atomic mass is 9.90. The van der Waals surface area contributed by atoms with Crippen LogP contribution in [0.2, 0.25) is 0 Å². The van der Waals surface area contributed by atoms with Crippen LogP contribution >= 0.6 is 0 Å². The fraction of sp³-hybridized carbons (Fsp3) is 0.438. The molecule has 1 heterocycles. The molecule has 1 saturated carbocycles. The molecule has 1 fully saturated rings. The molecule has 1 aliphatic carbocycles. The van der Waals surface area contributed by atoms with Crippen LogP contribution in [0.4, 0.5) is 5.88 Å². The van der Waals surface area contributed by atoms with Gasteiger partial charge in [-0.05, 0) is 24.8 Å². The summed E-state index contributed by atoms with van der Waals surface area (Å²) in [7, 11) is 0. The molecule has 0 amide bonds. The zero-order valence-corrected chi connectivity index (χ0v) is 11.5. The lowest BCUT2D eigenvalue weighted by Crippen LogP contribution is -2.04. The molecular formula is C16H20N2O. The first-order chi connectivity index (χ1) is 9.16. The monoisotopic (exact) mass is 256 g/mol. The van der Waals surface area contributed by atoms with Crippen LogP contribution in [0.25, 0.3) is 11.1 Å². The predicted molar refractivity (Wildman–Crippen MR) is 76.8 cm³/mol. The number of aromatic nitrogens is 1. The molecule has 100 valence electrons. The summed E-state index contributed by atoms with van der Waals surface area (Å²) >= 11 is 0. The molecule has 3 heteroatoms. The average molecular weight is 256 g/mol. The largest absolute Gasteiger partial charge is 0.367 e. The van der Waals surface area contributed by atoms with Crippen LogP contribution in [-0.4, -0.2) is 5.16 Å². The third-order valence-corrected chi connectivity index (χ3v) is 4.30. The molecule has 3 nitrogen and oxygen atoms in total. The fourth-order valence-corrected chi connectivity index (χ4v) is 3.13. The highest BCUT2D eigenvalue weighted by molar-refractivity contribution is 5.75. The van der Waals surface area contributed by atoms with E-state index < -0.39 is 0 Å². The summed E-state index contributed by atoms with van der Waals surface area (Å²) in [6, 6.07) is 8.40. The molecule has 3 rings (SSSR count). The molecule has 2 atom stereocenters. The first-order valence-electron chi connectivity index (χ1n) is 6.99. The maximum absolute atomic E-state index is 6.00. The van der Waals surface area contributed by atoms with Crippen molar-refractivity contribution in [1.82, 2.24) is 5.16 Å². The quantitative estimate of drug-likeness (QED) is 0.878. The predicted octanol–water partition coefficient (Wildman–Crippen LogP) is 4.14. The van der Waals surface area contributed by atoms with E-state index in [9.17, 15) is 0 Å². The Bertz CT molecular complexity index is 571. The maximum atomic E-state index is 6.00. The third-order valence-electron chi connectivity index (χ3n) is 4.30. The number of nitrogens with zero attached hydrogens (tertiary/aromatic N) is 1. The Kier molecular flexibility index (Phi) is 3.05. The molecule has 0 aliphatic heterocycles. The third kappa shape index (κ3) is 2.14. The van der Waals surface area contributed by atoms with Gasteiger partial charge in [0.1, 0.15) is 0 Å². The Morgan fingerprint density at radius 3 is 2.58 bits per heavy atom. The second-order valence-electron chi connectivity index (χ2n) is 5.69. The molecule has 0 spiro atoms. The average Bonchev–Trinajstić information content (AvgIpc) is 2.97. The summed E-state index contributed by atoms with van der Waals surface area (Å²) in [6.07, 6.45) is 3.72. The summed E-state index contributed by atoms with van der Waals surface area (Å²) in [5, 5.41) is 4.25. The molecule has 0 saturated heterocycles. The van der Waals surface area contributed by atoms with Gasteiger partial charge >= 0.3 is 0 Å². The number of benzene rings is 1. The standard InChI is InChI=1S/C16H20N2O/c1-10-6-8-12(9-7-10)14-15(18-19-16(14)17)13-5-3-4-11(13)2/h6-9,11,13H,3-5,17H2,1-2H3. The van der Waals surface area contributed by atoms with Crippen molar-refractivity contribution in [3.05, 3.63) is 35.5 Å². The lowest BCUT2D eigenvalue weighted by molar-refractivity contribution is 0.407.